The number of nitrogens with zero attached hydrogens (tertiary/aromatic N) is 2. The first kappa shape index (κ1) is 25.0. The van der Waals surface area contributed by atoms with Crippen LogP contribution in [0.15, 0.2) is 65.2 Å². The molecule has 0 saturated carbocycles. The number of fused-ring (bicyclic) bond motifs is 1. The largest absolute Gasteiger partial charge is 0.421 e. The molecule has 0 spiro atoms. The van der Waals surface area contributed by atoms with Gasteiger partial charge in [0.05, 0.1) is 18.1 Å². The van der Waals surface area contributed by atoms with Gasteiger partial charge in [-0.1, -0.05) is 42.5 Å². The SMILES string of the molecule is C[C@@H](O)[C@H]1C(=O)N2C(C(=O)O/C(=C/c3ccc(N(C)C)cc3)c3ccccc3)=C(SCCN)C[C@H]12. The van der Waals surface area contributed by atoms with E-state index in [4.69, 9.17) is 10.5 Å². The number of carbonyl (C=O) groups excluding carboxylic acids is 2. The molecule has 8 heteroatoms. The van der Waals surface area contributed by atoms with Crippen molar-refractivity contribution in [2.24, 2.45) is 11.7 Å². The molecule has 2 heterocycles. The third-order valence-corrected chi connectivity index (χ3v) is 7.39. The molecule has 1 amide bonds. The Labute approximate surface area is 210 Å². The lowest BCUT2D eigenvalue weighted by Gasteiger charge is -2.44. The molecule has 2 aromatic rings. The minimum Gasteiger partial charge on any atom is -0.421 e. The van der Waals surface area contributed by atoms with E-state index < -0.39 is 18.0 Å². The second-order valence-electron chi connectivity index (χ2n) is 8.91. The van der Waals surface area contributed by atoms with Crippen molar-refractivity contribution in [1.29, 1.82) is 0 Å². The van der Waals surface area contributed by atoms with Crippen molar-refractivity contribution in [3.63, 3.8) is 0 Å². The number of hydrogen-bond donors (Lipinski definition) is 2. The molecule has 3 atom stereocenters. The highest BCUT2D eigenvalue weighted by molar-refractivity contribution is 8.03. The van der Waals surface area contributed by atoms with Gasteiger partial charge >= 0.3 is 5.97 Å². The lowest BCUT2D eigenvalue weighted by atomic mass is 9.83. The second kappa shape index (κ2) is 10.7. The molecule has 1 saturated heterocycles. The summed E-state index contributed by atoms with van der Waals surface area (Å²) in [6.45, 7) is 2.06. The first-order valence-corrected chi connectivity index (χ1v) is 12.6. The molecule has 3 N–H and O–H groups in total. The van der Waals surface area contributed by atoms with Crippen LogP contribution in [0.5, 0.6) is 0 Å². The molecule has 1 fully saturated rings. The van der Waals surface area contributed by atoms with Gasteiger partial charge in [-0.15, -0.1) is 11.8 Å². The zero-order valence-electron chi connectivity index (χ0n) is 20.2. The van der Waals surface area contributed by atoms with E-state index in [1.165, 1.54) is 16.7 Å². The number of hydrogen-bond acceptors (Lipinski definition) is 7. The van der Waals surface area contributed by atoms with Crippen LogP contribution in [-0.2, 0) is 14.3 Å². The number of esters is 1. The summed E-state index contributed by atoms with van der Waals surface area (Å²) < 4.78 is 5.96. The van der Waals surface area contributed by atoms with Gasteiger partial charge in [0.2, 0.25) is 5.91 Å². The van der Waals surface area contributed by atoms with Crippen molar-refractivity contribution in [1.82, 2.24) is 4.90 Å². The van der Waals surface area contributed by atoms with Crippen LogP contribution >= 0.6 is 11.8 Å². The molecular formula is C27H31N3O4S. The van der Waals surface area contributed by atoms with Crippen molar-refractivity contribution in [2.45, 2.75) is 25.5 Å². The molecule has 0 bridgehead atoms. The van der Waals surface area contributed by atoms with Gasteiger partial charge in [0.15, 0.2) is 0 Å². The molecule has 35 heavy (non-hydrogen) atoms. The third-order valence-electron chi connectivity index (χ3n) is 6.24. The maximum Gasteiger partial charge on any atom is 0.361 e. The Balaban J connectivity index is 1.65. The molecule has 0 aliphatic carbocycles. The Hall–Kier alpha value is -3.07. The van der Waals surface area contributed by atoms with E-state index in [1.54, 1.807) is 6.92 Å². The lowest BCUT2D eigenvalue weighted by molar-refractivity contribution is -0.161. The summed E-state index contributed by atoms with van der Waals surface area (Å²) in [4.78, 5) is 30.6. The molecule has 2 aliphatic rings. The normalized spacial score (nSPS) is 20.4. The number of carbonyl (C=O) groups is 2. The van der Waals surface area contributed by atoms with Crippen LogP contribution in [0.25, 0.3) is 11.8 Å². The van der Waals surface area contributed by atoms with Crippen molar-refractivity contribution in [3.05, 3.63) is 76.3 Å². The number of amides is 1. The minimum absolute atomic E-state index is 0.229. The van der Waals surface area contributed by atoms with Crippen LogP contribution in [-0.4, -0.2) is 60.4 Å². The zero-order chi connectivity index (χ0) is 25.1. The van der Waals surface area contributed by atoms with Crippen LogP contribution in [0, 0.1) is 5.92 Å². The zero-order valence-corrected chi connectivity index (χ0v) is 21.0. The molecule has 184 valence electrons. The van der Waals surface area contributed by atoms with E-state index in [2.05, 4.69) is 0 Å². The predicted octanol–water partition coefficient (Wildman–Crippen LogP) is 3.31. The highest BCUT2D eigenvalue weighted by Crippen LogP contribution is 2.47. The van der Waals surface area contributed by atoms with Crippen LogP contribution < -0.4 is 10.6 Å². The summed E-state index contributed by atoms with van der Waals surface area (Å²) in [7, 11) is 3.95. The number of anilines is 1. The molecule has 4 rings (SSSR count). The smallest absolute Gasteiger partial charge is 0.361 e. The molecule has 7 nitrogen and oxygen atoms in total. The van der Waals surface area contributed by atoms with E-state index in [1.807, 2.05) is 79.7 Å². The summed E-state index contributed by atoms with van der Waals surface area (Å²) >= 11 is 1.47. The Morgan fingerprint density at radius 3 is 2.51 bits per heavy atom. The summed E-state index contributed by atoms with van der Waals surface area (Å²) in [6, 6.07) is 17.1. The third kappa shape index (κ3) is 5.15. The minimum atomic E-state index is -0.773. The van der Waals surface area contributed by atoms with Crippen molar-refractivity contribution < 1.29 is 19.4 Å². The average molecular weight is 494 g/mol. The molecule has 0 unspecified atom stereocenters. The second-order valence-corrected chi connectivity index (χ2v) is 10.1. The van der Waals surface area contributed by atoms with Crippen LogP contribution in [0.1, 0.15) is 24.5 Å². The highest BCUT2D eigenvalue weighted by atomic mass is 32.2. The number of aliphatic hydroxyl groups excluding tert-OH is 1. The summed E-state index contributed by atoms with van der Waals surface area (Å²) in [5, 5.41) is 10.1. The van der Waals surface area contributed by atoms with Crippen LogP contribution in [0.2, 0.25) is 0 Å². The van der Waals surface area contributed by atoms with E-state index in [0.717, 1.165) is 21.7 Å². The molecule has 0 aromatic heterocycles. The van der Waals surface area contributed by atoms with E-state index in [-0.39, 0.29) is 17.6 Å². The number of β-lactam (4-membered cyclic amide) rings is 1. The fourth-order valence-electron chi connectivity index (χ4n) is 4.47. The number of rotatable bonds is 9. The quantitative estimate of drug-likeness (QED) is 0.239. The fraction of sp³-hybridized carbons (Fsp3) is 0.333. The van der Waals surface area contributed by atoms with Gasteiger partial charge < -0.3 is 25.4 Å². The topological polar surface area (TPSA) is 96.1 Å². The van der Waals surface area contributed by atoms with E-state index in [9.17, 15) is 14.7 Å². The van der Waals surface area contributed by atoms with Gasteiger partial charge in [-0.05, 0) is 30.7 Å². The fourth-order valence-corrected chi connectivity index (χ4v) is 5.45. The highest BCUT2D eigenvalue weighted by Gasteiger charge is 2.57. The Morgan fingerprint density at radius 1 is 1.23 bits per heavy atom. The Kier molecular flexibility index (Phi) is 7.64. The first-order chi connectivity index (χ1) is 16.8. The van der Waals surface area contributed by atoms with Crippen molar-refractivity contribution in [2.75, 3.05) is 31.3 Å². The summed E-state index contributed by atoms with van der Waals surface area (Å²) in [6.07, 6.45) is 1.57. The molecule has 0 radical (unpaired) electrons. The van der Waals surface area contributed by atoms with Gasteiger partial charge in [-0.3, -0.25) is 4.79 Å². The van der Waals surface area contributed by atoms with Crippen LogP contribution in [0.3, 0.4) is 0 Å². The summed E-state index contributed by atoms with van der Waals surface area (Å²) in [5.41, 5.74) is 8.66. The van der Waals surface area contributed by atoms with E-state index in [0.29, 0.717) is 24.5 Å². The molecular weight excluding hydrogens is 462 g/mol. The monoisotopic (exact) mass is 493 g/mol. The number of thioether (sulfide) groups is 1. The Bertz CT molecular complexity index is 1140. The van der Waals surface area contributed by atoms with Gasteiger partial charge in [0.25, 0.3) is 0 Å². The van der Waals surface area contributed by atoms with E-state index >= 15 is 0 Å². The molecule has 2 aliphatic heterocycles. The van der Waals surface area contributed by atoms with Gasteiger partial charge in [-0.2, -0.15) is 0 Å². The van der Waals surface area contributed by atoms with Crippen molar-refractivity contribution >= 4 is 41.2 Å². The van der Waals surface area contributed by atoms with Gasteiger partial charge in [0, 0.05) is 49.0 Å². The maximum absolute atomic E-state index is 13.5. The van der Waals surface area contributed by atoms with Gasteiger partial charge in [0.1, 0.15) is 11.5 Å². The predicted molar refractivity (Wildman–Crippen MR) is 140 cm³/mol. The maximum atomic E-state index is 13.5. The number of benzene rings is 2. The van der Waals surface area contributed by atoms with Crippen LogP contribution in [0.4, 0.5) is 5.69 Å². The standard InChI is InChI=1S/C27H31N3O4S/c1-17(31)24-21-16-23(35-14-13-28)25(30(21)26(24)32)27(33)34-22(19-7-5-4-6-8-19)15-18-9-11-20(12-10-18)29(2)3/h4-12,15,17,21,24,31H,13-14,16,28H2,1-3H3/b22-15+/t17-,21-,24-/m1/s1. The lowest BCUT2D eigenvalue weighted by Crippen LogP contribution is -2.61. The number of ether oxygens (including phenoxy) is 1. The van der Waals surface area contributed by atoms with Crippen molar-refractivity contribution in [3.8, 4) is 0 Å². The van der Waals surface area contributed by atoms with Gasteiger partial charge in [-0.25, -0.2) is 4.79 Å². The molecule has 2 aromatic carbocycles. The average Bonchev–Trinajstić information content (AvgIpc) is 3.17. The first-order valence-electron chi connectivity index (χ1n) is 11.7. The Morgan fingerprint density at radius 2 is 1.91 bits per heavy atom. The number of nitrogens with two attached hydrogens (primary N) is 1. The summed E-state index contributed by atoms with van der Waals surface area (Å²) in [5.74, 6) is -0.311. The number of aliphatic hydroxyl groups is 1.